The number of aromatic nitrogens is 2. The van der Waals surface area contributed by atoms with E-state index in [0.717, 1.165) is 36.5 Å². The molecule has 4 nitrogen and oxygen atoms in total. The molecule has 2 aromatic carbocycles. The Labute approximate surface area is 161 Å². The van der Waals surface area contributed by atoms with E-state index in [2.05, 4.69) is 4.57 Å². The lowest BCUT2D eigenvalue weighted by Crippen LogP contribution is -2.40. The molecule has 2 heterocycles. The summed E-state index contributed by atoms with van der Waals surface area (Å²) in [6.07, 6.45) is 4.03. The summed E-state index contributed by atoms with van der Waals surface area (Å²) in [5, 5.41) is 10.4. The number of phenols is 1. The maximum atomic E-state index is 12.7. The van der Waals surface area contributed by atoms with Gasteiger partial charge in [-0.2, -0.15) is 0 Å². The second-order valence-electron chi connectivity index (χ2n) is 6.41. The number of fused-ring (bicyclic) bond motifs is 1. The van der Waals surface area contributed by atoms with Gasteiger partial charge in [-0.15, -0.1) is 0 Å². The Morgan fingerprint density at radius 1 is 1.15 bits per heavy atom. The van der Waals surface area contributed by atoms with Gasteiger partial charge < -0.3 is 5.11 Å². The zero-order valence-corrected chi connectivity index (χ0v) is 15.5. The highest BCUT2D eigenvalue weighted by Crippen LogP contribution is 2.27. The molecule has 3 aromatic rings. The van der Waals surface area contributed by atoms with Gasteiger partial charge in [0.25, 0.3) is 5.82 Å². The maximum Gasteiger partial charge on any atom is 0.257 e. The van der Waals surface area contributed by atoms with Crippen LogP contribution in [-0.4, -0.2) is 15.5 Å². The molecule has 0 spiro atoms. The molecule has 0 atom stereocenters. The second kappa shape index (κ2) is 6.78. The number of ketones is 1. The quantitative estimate of drug-likeness (QED) is 0.536. The van der Waals surface area contributed by atoms with Crippen molar-refractivity contribution in [2.24, 2.45) is 0 Å². The van der Waals surface area contributed by atoms with Gasteiger partial charge in [-0.3, -0.25) is 4.79 Å². The molecular weight excluding hydrogens is 371 g/mol. The summed E-state index contributed by atoms with van der Waals surface area (Å²) in [5.41, 5.74) is 2.66. The van der Waals surface area contributed by atoms with Crippen molar-refractivity contribution in [3.8, 4) is 17.0 Å². The van der Waals surface area contributed by atoms with E-state index < -0.39 is 0 Å². The lowest BCUT2D eigenvalue weighted by atomic mass is 10.1. The van der Waals surface area contributed by atoms with Crippen LogP contribution in [0, 0.1) is 0 Å². The van der Waals surface area contributed by atoms with Crippen LogP contribution in [0.4, 0.5) is 0 Å². The number of benzene rings is 2. The van der Waals surface area contributed by atoms with Crippen molar-refractivity contribution in [3.05, 3.63) is 70.1 Å². The third-order valence-electron chi connectivity index (χ3n) is 4.72. The van der Waals surface area contributed by atoms with Crippen LogP contribution >= 0.6 is 23.2 Å². The number of Topliss-reactive ketones (excluding diaryl/α,β-unsaturated/α-hetero) is 1. The van der Waals surface area contributed by atoms with Crippen LogP contribution in [0.25, 0.3) is 11.3 Å². The summed E-state index contributed by atoms with van der Waals surface area (Å²) < 4.78 is 4.28. The van der Waals surface area contributed by atoms with Crippen molar-refractivity contribution in [2.75, 3.05) is 0 Å². The number of phenolic OH excluding ortho intramolecular Hbond substituents is 1. The van der Waals surface area contributed by atoms with Crippen molar-refractivity contribution in [2.45, 2.75) is 25.9 Å². The molecule has 0 saturated carbocycles. The van der Waals surface area contributed by atoms with Crippen LogP contribution < -0.4 is 4.57 Å². The van der Waals surface area contributed by atoms with Crippen molar-refractivity contribution in [1.82, 2.24) is 4.57 Å². The maximum absolute atomic E-state index is 12.7. The monoisotopic (exact) mass is 387 g/mol. The SMILES string of the molecule is O=C(C[n+]1cc(-c2ccc(Cl)cc2)n2c1CCC2)c1ccc(O)c(Cl)c1. The highest BCUT2D eigenvalue weighted by atomic mass is 35.5. The first-order valence-electron chi connectivity index (χ1n) is 8.42. The molecule has 0 bridgehead atoms. The first-order chi connectivity index (χ1) is 12.5. The van der Waals surface area contributed by atoms with Gasteiger partial charge >= 0.3 is 0 Å². The predicted octanol–water partition coefficient (Wildman–Crippen LogP) is 4.28. The molecule has 0 radical (unpaired) electrons. The number of hydrogen-bond acceptors (Lipinski definition) is 2. The fourth-order valence-corrected chi connectivity index (χ4v) is 3.73. The van der Waals surface area contributed by atoms with Crippen molar-refractivity contribution in [1.29, 1.82) is 0 Å². The predicted molar refractivity (Wildman–Crippen MR) is 101 cm³/mol. The minimum absolute atomic E-state index is 0.0225. The Hall–Kier alpha value is -2.30. The molecule has 1 N–H and O–H groups in total. The molecule has 4 rings (SSSR count). The second-order valence-corrected chi connectivity index (χ2v) is 7.25. The van der Waals surface area contributed by atoms with Crippen LogP contribution in [-0.2, 0) is 19.5 Å². The minimum Gasteiger partial charge on any atom is -0.506 e. The van der Waals surface area contributed by atoms with Gasteiger partial charge in [-0.1, -0.05) is 23.2 Å². The highest BCUT2D eigenvalue weighted by Gasteiger charge is 2.29. The first kappa shape index (κ1) is 17.1. The normalized spacial score (nSPS) is 13.0. The van der Waals surface area contributed by atoms with Gasteiger partial charge in [-0.05, 0) is 48.9 Å². The van der Waals surface area contributed by atoms with E-state index in [0.29, 0.717) is 10.6 Å². The largest absolute Gasteiger partial charge is 0.506 e. The van der Waals surface area contributed by atoms with Crippen LogP contribution in [0.5, 0.6) is 5.75 Å². The van der Waals surface area contributed by atoms with E-state index in [1.807, 2.05) is 35.0 Å². The molecule has 132 valence electrons. The third-order valence-corrected chi connectivity index (χ3v) is 5.27. The number of rotatable bonds is 4. The highest BCUT2D eigenvalue weighted by molar-refractivity contribution is 6.32. The Kier molecular flexibility index (Phi) is 4.47. The number of aromatic hydroxyl groups is 1. The van der Waals surface area contributed by atoms with E-state index in [-0.39, 0.29) is 23.1 Å². The van der Waals surface area contributed by atoms with E-state index in [1.165, 1.54) is 12.1 Å². The first-order valence-corrected chi connectivity index (χ1v) is 9.18. The molecular formula is C20H17Cl2N2O2+. The minimum atomic E-state index is -0.0418. The summed E-state index contributed by atoms with van der Waals surface area (Å²) in [6, 6.07) is 12.3. The Morgan fingerprint density at radius 3 is 2.65 bits per heavy atom. The van der Waals surface area contributed by atoms with Gasteiger partial charge in [0, 0.05) is 16.1 Å². The summed E-state index contributed by atoms with van der Waals surface area (Å²) in [6.45, 7) is 1.18. The van der Waals surface area contributed by atoms with Crippen molar-refractivity contribution < 1.29 is 14.5 Å². The van der Waals surface area contributed by atoms with E-state index >= 15 is 0 Å². The average molecular weight is 388 g/mol. The van der Waals surface area contributed by atoms with Crippen molar-refractivity contribution in [3.63, 3.8) is 0 Å². The fraction of sp³-hybridized carbons (Fsp3) is 0.200. The number of nitrogens with zero attached hydrogens (tertiary/aromatic N) is 2. The molecule has 0 unspecified atom stereocenters. The Bertz CT molecular complexity index is 994. The standard InChI is InChI=1S/C20H16Cl2N2O2/c21-15-6-3-13(4-7-15)17-11-23(20-2-1-9-24(17)20)12-19(26)14-5-8-18(25)16(22)10-14/h3-8,10-11H,1-2,9,12H2/p+1. The zero-order valence-electron chi connectivity index (χ0n) is 14.0. The molecule has 0 amide bonds. The third kappa shape index (κ3) is 3.11. The lowest BCUT2D eigenvalue weighted by Gasteiger charge is -2.02. The molecule has 1 aliphatic heterocycles. The van der Waals surface area contributed by atoms with Crippen LogP contribution in [0.15, 0.2) is 48.7 Å². The van der Waals surface area contributed by atoms with Gasteiger partial charge in [0.2, 0.25) is 5.78 Å². The lowest BCUT2D eigenvalue weighted by molar-refractivity contribution is -0.689. The molecule has 0 saturated heterocycles. The van der Waals surface area contributed by atoms with Gasteiger partial charge in [0.1, 0.15) is 11.9 Å². The Morgan fingerprint density at radius 2 is 1.92 bits per heavy atom. The van der Waals surface area contributed by atoms with E-state index in [9.17, 15) is 9.90 Å². The van der Waals surface area contributed by atoms with E-state index in [4.69, 9.17) is 23.2 Å². The van der Waals surface area contributed by atoms with Gasteiger partial charge in [0.05, 0.1) is 18.0 Å². The fourth-order valence-electron chi connectivity index (χ4n) is 3.42. The Balaban J connectivity index is 1.67. The molecule has 0 aliphatic carbocycles. The molecule has 26 heavy (non-hydrogen) atoms. The van der Waals surface area contributed by atoms with Gasteiger partial charge in [0.15, 0.2) is 12.2 Å². The average Bonchev–Trinajstić information content (AvgIpc) is 3.22. The number of hydrogen-bond donors (Lipinski definition) is 1. The zero-order chi connectivity index (χ0) is 18.3. The van der Waals surface area contributed by atoms with Crippen molar-refractivity contribution >= 4 is 29.0 Å². The molecule has 0 fully saturated rings. The molecule has 1 aliphatic rings. The summed E-state index contributed by atoms with van der Waals surface area (Å²) in [5.74, 6) is 1.08. The summed E-state index contributed by atoms with van der Waals surface area (Å²) in [7, 11) is 0. The summed E-state index contributed by atoms with van der Waals surface area (Å²) in [4.78, 5) is 12.7. The topological polar surface area (TPSA) is 46.1 Å². The summed E-state index contributed by atoms with van der Waals surface area (Å²) >= 11 is 11.9. The van der Waals surface area contributed by atoms with Crippen LogP contribution in [0.1, 0.15) is 22.6 Å². The van der Waals surface area contributed by atoms with Crippen LogP contribution in [0.2, 0.25) is 10.0 Å². The van der Waals surface area contributed by atoms with Gasteiger partial charge in [-0.25, -0.2) is 9.13 Å². The molecule has 6 heteroatoms. The number of carbonyl (C=O) groups excluding carboxylic acids is 1. The van der Waals surface area contributed by atoms with Crippen LogP contribution in [0.3, 0.4) is 0 Å². The number of carbonyl (C=O) groups is 1. The number of imidazole rings is 1. The molecule has 1 aromatic heterocycles. The van der Waals surface area contributed by atoms with E-state index in [1.54, 1.807) is 6.07 Å². The number of halogens is 2. The smallest absolute Gasteiger partial charge is 0.257 e.